The van der Waals surface area contributed by atoms with Crippen LogP contribution in [-0.4, -0.2) is 21.9 Å². The van der Waals surface area contributed by atoms with E-state index in [0.717, 1.165) is 11.6 Å². The topological polar surface area (TPSA) is 63.8 Å². The molecule has 1 atom stereocenters. The fourth-order valence-electron chi connectivity index (χ4n) is 1.50. The summed E-state index contributed by atoms with van der Waals surface area (Å²) in [6, 6.07) is 10.5. The van der Waals surface area contributed by atoms with Gasteiger partial charge in [0.25, 0.3) is 0 Å². The molecular weight excluding hydrogens is 220 g/mol. The molecule has 1 aromatic carbocycles. The summed E-state index contributed by atoms with van der Waals surface area (Å²) in [5.41, 5.74) is 7.00. The first-order chi connectivity index (χ1) is 7.88. The van der Waals surface area contributed by atoms with Crippen molar-refractivity contribution in [2.45, 2.75) is 12.5 Å². The van der Waals surface area contributed by atoms with Crippen LogP contribution in [0.4, 0.5) is 5.13 Å². The fraction of sp³-hybridized carbons (Fsp3) is 0.273. The zero-order valence-electron chi connectivity index (χ0n) is 8.84. The number of nitrogens with one attached hydrogen (secondary N) is 1. The van der Waals surface area contributed by atoms with Crippen molar-refractivity contribution >= 4 is 16.7 Å². The highest BCUT2D eigenvalue weighted by atomic mass is 32.1. The van der Waals surface area contributed by atoms with Crippen LogP contribution in [0.1, 0.15) is 5.56 Å². The van der Waals surface area contributed by atoms with Gasteiger partial charge in [-0.3, -0.25) is 0 Å². The maximum absolute atomic E-state index is 5.73. The van der Waals surface area contributed by atoms with Gasteiger partial charge < -0.3 is 11.1 Å². The van der Waals surface area contributed by atoms with Gasteiger partial charge in [-0.1, -0.05) is 30.3 Å². The summed E-state index contributed by atoms with van der Waals surface area (Å²) in [6.45, 7) is 0.578. The lowest BCUT2D eigenvalue weighted by atomic mass is 10.1. The predicted molar refractivity (Wildman–Crippen MR) is 66.5 cm³/mol. The zero-order valence-corrected chi connectivity index (χ0v) is 9.65. The number of nitrogens with zero attached hydrogens (tertiary/aromatic N) is 2. The van der Waals surface area contributed by atoms with E-state index in [-0.39, 0.29) is 6.04 Å². The number of hydrogen-bond donors (Lipinski definition) is 2. The van der Waals surface area contributed by atoms with Crippen molar-refractivity contribution in [3.63, 3.8) is 0 Å². The number of hydrogen-bond acceptors (Lipinski definition) is 5. The van der Waals surface area contributed by atoms with Gasteiger partial charge in [-0.05, 0) is 12.0 Å². The molecule has 0 saturated heterocycles. The van der Waals surface area contributed by atoms with Crippen molar-refractivity contribution in [3.8, 4) is 0 Å². The quantitative estimate of drug-likeness (QED) is 0.823. The van der Waals surface area contributed by atoms with E-state index in [9.17, 15) is 0 Å². The first-order valence-electron chi connectivity index (χ1n) is 5.15. The van der Waals surface area contributed by atoms with E-state index in [1.54, 1.807) is 6.33 Å². The molecule has 0 aliphatic heterocycles. The molecule has 0 spiro atoms. The lowest BCUT2D eigenvalue weighted by molar-refractivity contribution is 0.723. The smallest absolute Gasteiger partial charge is 0.202 e. The Morgan fingerprint density at radius 3 is 2.75 bits per heavy atom. The van der Waals surface area contributed by atoms with Gasteiger partial charge in [-0.25, -0.2) is 4.98 Å². The molecule has 0 radical (unpaired) electrons. The molecule has 0 bridgehead atoms. The highest BCUT2D eigenvalue weighted by molar-refractivity contribution is 7.09. The maximum Gasteiger partial charge on any atom is 0.202 e. The van der Waals surface area contributed by atoms with E-state index in [4.69, 9.17) is 5.73 Å². The molecule has 16 heavy (non-hydrogen) atoms. The Labute approximate surface area is 98.7 Å². The number of anilines is 1. The van der Waals surface area contributed by atoms with Gasteiger partial charge in [-0.15, -0.1) is 0 Å². The van der Waals surface area contributed by atoms with Crippen molar-refractivity contribution in [3.05, 3.63) is 42.2 Å². The molecule has 2 aromatic rings. The van der Waals surface area contributed by atoms with Crippen molar-refractivity contribution in [2.24, 2.45) is 5.73 Å². The Bertz CT molecular complexity index is 401. The first-order valence-corrected chi connectivity index (χ1v) is 5.93. The highest BCUT2D eigenvalue weighted by Crippen LogP contribution is 2.11. The fourth-order valence-corrected chi connectivity index (χ4v) is 2.01. The Morgan fingerprint density at radius 2 is 2.12 bits per heavy atom. The molecule has 0 aliphatic carbocycles. The summed E-state index contributed by atoms with van der Waals surface area (Å²) in [6.07, 6.45) is 2.44. The Morgan fingerprint density at radius 1 is 1.31 bits per heavy atom. The van der Waals surface area contributed by atoms with Crippen LogP contribution in [0.2, 0.25) is 0 Å². The van der Waals surface area contributed by atoms with E-state index in [2.05, 4.69) is 26.8 Å². The minimum atomic E-state index is 0.204. The van der Waals surface area contributed by atoms with Crippen molar-refractivity contribution in [1.29, 1.82) is 0 Å². The van der Waals surface area contributed by atoms with E-state index in [1.165, 1.54) is 17.1 Å². The minimum absolute atomic E-state index is 0.204. The van der Waals surface area contributed by atoms with E-state index >= 15 is 0 Å². The van der Waals surface area contributed by atoms with Crippen molar-refractivity contribution in [1.82, 2.24) is 9.36 Å². The molecule has 5 heteroatoms. The number of rotatable bonds is 5. The third kappa shape index (κ3) is 3.01. The Balaban J connectivity index is 1.96. The van der Waals surface area contributed by atoms with Crippen LogP contribution in [-0.2, 0) is 6.42 Å². The van der Waals surface area contributed by atoms with Gasteiger partial charge in [0.05, 0.1) is 0 Å². The van der Waals surface area contributed by atoms with E-state index in [0.29, 0.717) is 6.54 Å². The first kappa shape index (κ1) is 11.0. The third-order valence-electron chi connectivity index (χ3n) is 2.30. The molecule has 3 N–H and O–H groups in total. The molecule has 84 valence electrons. The summed E-state index contributed by atoms with van der Waals surface area (Å²) in [7, 11) is 0. The zero-order chi connectivity index (χ0) is 11.2. The second-order valence-corrected chi connectivity index (χ2v) is 4.29. The largest absolute Gasteiger partial charge is 0.356 e. The Hall–Kier alpha value is -1.46. The summed E-state index contributed by atoms with van der Waals surface area (Å²) in [5, 5.41) is 4.10. The molecule has 0 fully saturated rings. The number of nitrogens with two attached hydrogens (primary N) is 1. The summed E-state index contributed by atoms with van der Waals surface area (Å²) >= 11 is 1.35. The minimum Gasteiger partial charge on any atom is -0.356 e. The van der Waals surface area contributed by atoms with Crippen LogP contribution >= 0.6 is 11.5 Å². The third-order valence-corrected chi connectivity index (χ3v) is 2.89. The van der Waals surface area contributed by atoms with Gasteiger partial charge in [0, 0.05) is 24.1 Å². The molecule has 2 rings (SSSR count). The van der Waals surface area contributed by atoms with Crippen LogP contribution in [0.3, 0.4) is 0 Å². The molecule has 1 unspecified atom stereocenters. The number of benzene rings is 1. The molecule has 1 heterocycles. The standard InChI is InChI=1S/C11H14N4S/c12-7-10(15-11-13-8-14-16-11)6-9-4-2-1-3-5-9/h1-5,8,10H,6-7,12H2,(H,13,14,15). The molecular formula is C11H14N4S. The van der Waals surface area contributed by atoms with E-state index in [1.807, 2.05) is 18.2 Å². The predicted octanol–water partition coefficient (Wildman–Crippen LogP) is 1.52. The molecule has 0 saturated carbocycles. The molecule has 4 nitrogen and oxygen atoms in total. The van der Waals surface area contributed by atoms with Crippen molar-refractivity contribution < 1.29 is 0 Å². The van der Waals surface area contributed by atoms with Crippen LogP contribution in [0.25, 0.3) is 0 Å². The van der Waals surface area contributed by atoms with Crippen LogP contribution < -0.4 is 11.1 Å². The summed E-state index contributed by atoms with van der Waals surface area (Å²) in [4.78, 5) is 4.09. The van der Waals surface area contributed by atoms with Crippen LogP contribution in [0, 0.1) is 0 Å². The van der Waals surface area contributed by atoms with Gasteiger partial charge in [-0.2, -0.15) is 4.37 Å². The molecule has 1 aromatic heterocycles. The molecule has 0 amide bonds. The van der Waals surface area contributed by atoms with Gasteiger partial charge >= 0.3 is 0 Å². The molecule has 0 aliphatic rings. The monoisotopic (exact) mass is 234 g/mol. The maximum atomic E-state index is 5.73. The average Bonchev–Trinajstić information content (AvgIpc) is 2.82. The summed E-state index contributed by atoms with van der Waals surface area (Å²) in [5.74, 6) is 0. The normalized spacial score (nSPS) is 12.3. The highest BCUT2D eigenvalue weighted by Gasteiger charge is 2.08. The SMILES string of the molecule is NCC(Cc1ccccc1)Nc1ncns1. The average molecular weight is 234 g/mol. The van der Waals surface area contributed by atoms with E-state index < -0.39 is 0 Å². The lowest BCUT2D eigenvalue weighted by Gasteiger charge is -2.15. The summed E-state index contributed by atoms with van der Waals surface area (Å²) < 4.78 is 3.94. The second kappa shape index (κ2) is 5.58. The van der Waals surface area contributed by atoms with Gasteiger partial charge in [0.2, 0.25) is 5.13 Å². The van der Waals surface area contributed by atoms with Crippen LogP contribution in [0.5, 0.6) is 0 Å². The Kier molecular flexibility index (Phi) is 3.85. The second-order valence-electron chi connectivity index (χ2n) is 3.51. The lowest BCUT2D eigenvalue weighted by Crippen LogP contribution is -2.30. The van der Waals surface area contributed by atoms with Gasteiger partial charge in [0.15, 0.2) is 0 Å². The van der Waals surface area contributed by atoms with Crippen molar-refractivity contribution in [2.75, 3.05) is 11.9 Å². The van der Waals surface area contributed by atoms with Crippen LogP contribution in [0.15, 0.2) is 36.7 Å². The van der Waals surface area contributed by atoms with Gasteiger partial charge in [0.1, 0.15) is 6.33 Å². The number of aromatic nitrogens is 2.